The zero-order valence-corrected chi connectivity index (χ0v) is 18.6. The molecular weight excluding hydrogens is 424 g/mol. The van der Waals surface area contributed by atoms with Gasteiger partial charge in [0, 0.05) is 11.6 Å². The minimum atomic E-state index is -0.315. The molecule has 4 rings (SSSR count). The van der Waals surface area contributed by atoms with Gasteiger partial charge in [-0.2, -0.15) is 0 Å². The number of carbonyl (C=O) groups excluding carboxylic acids is 3. The van der Waals surface area contributed by atoms with Crippen molar-refractivity contribution in [2.45, 2.75) is 25.8 Å². The number of carbonyl (C=O) groups is 3. The van der Waals surface area contributed by atoms with E-state index < -0.39 is 0 Å². The summed E-state index contributed by atoms with van der Waals surface area (Å²) in [6, 6.07) is 18.6. The zero-order valence-electron chi connectivity index (χ0n) is 17.7. The molecule has 0 fully saturated rings. The van der Waals surface area contributed by atoms with Crippen molar-refractivity contribution < 1.29 is 19.1 Å². The lowest BCUT2D eigenvalue weighted by Crippen LogP contribution is -2.47. The topological polar surface area (TPSA) is 75.7 Å². The van der Waals surface area contributed by atoms with Crippen LogP contribution in [0.25, 0.3) is 0 Å². The molecule has 0 saturated carbocycles. The average molecular weight is 449 g/mol. The molecule has 32 heavy (non-hydrogen) atoms. The first-order chi connectivity index (χ1) is 15.5. The van der Waals surface area contributed by atoms with E-state index in [0.29, 0.717) is 21.9 Å². The van der Waals surface area contributed by atoms with Gasteiger partial charge in [0.2, 0.25) is 11.7 Å². The predicted molar refractivity (Wildman–Crippen MR) is 124 cm³/mol. The normalized spacial score (nSPS) is 13.8. The third-order valence-corrected chi connectivity index (χ3v) is 6.20. The Morgan fingerprint density at radius 3 is 2.69 bits per heavy atom. The molecular formula is C25H24N2O4S. The highest BCUT2D eigenvalue weighted by Crippen LogP contribution is 2.33. The van der Waals surface area contributed by atoms with Gasteiger partial charge in [0.25, 0.3) is 5.91 Å². The van der Waals surface area contributed by atoms with Gasteiger partial charge in [-0.3, -0.25) is 19.3 Å². The summed E-state index contributed by atoms with van der Waals surface area (Å²) in [7, 11) is 0. The maximum absolute atomic E-state index is 12.7. The molecule has 0 saturated heterocycles. The Morgan fingerprint density at radius 1 is 1.12 bits per heavy atom. The highest BCUT2D eigenvalue weighted by Gasteiger charge is 2.29. The maximum atomic E-state index is 12.7. The second-order valence-corrected chi connectivity index (χ2v) is 8.70. The van der Waals surface area contributed by atoms with Gasteiger partial charge in [0.1, 0.15) is 12.3 Å². The highest BCUT2D eigenvalue weighted by molar-refractivity contribution is 7.12. The SMILES string of the molecule is CC(CCc1ccccc1)NC(=O)CN1C(=O)COc2ccc(C(=O)c3cccs3)cc21. The van der Waals surface area contributed by atoms with E-state index >= 15 is 0 Å². The van der Waals surface area contributed by atoms with Gasteiger partial charge in [-0.05, 0) is 55.0 Å². The van der Waals surface area contributed by atoms with Gasteiger partial charge in [0.15, 0.2) is 6.61 Å². The number of thiophene rings is 1. The van der Waals surface area contributed by atoms with Crippen molar-refractivity contribution in [3.05, 3.63) is 82.0 Å². The number of amides is 2. The van der Waals surface area contributed by atoms with E-state index in [1.165, 1.54) is 21.8 Å². The third kappa shape index (κ3) is 5.06. The lowest BCUT2D eigenvalue weighted by Gasteiger charge is -2.29. The zero-order chi connectivity index (χ0) is 22.5. The van der Waals surface area contributed by atoms with E-state index in [1.807, 2.05) is 36.6 Å². The summed E-state index contributed by atoms with van der Waals surface area (Å²) in [6.45, 7) is 1.69. The van der Waals surface area contributed by atoms with Gasteiger partial charge in [-0.1, -0.05) is 36.4 Å². The Labute approximate surface area is 190 Å². The predicted octanol–water partition coefficient (Wildman–Crippen LogP) is 3.84. The number of ether oxygens (including phenoxy) is 1. The fourth-order valence-corrected chi connectivity index (χ4v) is 4.32. The molecule has 1 N–H and O–H groups in total. The minimum absolute atomic E-state index is 0.0370. The van der Waals surface area contributed by atoms with Crippen molar-refractivity contribution in [3.8, 4) is 5.75 Å². The minimum Gasteiger partial charge on any atom is -0.482 e. The molecule has 0 aliphatic carbocycles. The molecule has 1 unspecified atom stereocenters. The molecule has 1 aromatic heterocycles. The van der Waals surface area contributed by atoms with Crippen LogP contribution in [0.5, 0.6) is 5.75 Å². The highest BCUT2D eigenvalue weighted by atomic mass is 32.1. The third-order valence-electron chi connectivity index (χ3n) is 5.33. The Balaban J connectivity index is 1.43. The van der Waals surface area contributed by atoms with Gasteiger partial charge in [0.05, 0.1) is 10.6 Å². The molecule has 2 aromatic carbocycles. The summed E-state index contributed by atoms with van der Waals surface area (Å²) in [5, 5.41) is 4.81. The monoisotopic (exact) mass is 448 g/mol. The number of nitrogens with one attached hydrogen (secondary N) is 1. The second-order valence-electron chi connectivity index (χ2n) is 7.75. The van der Waals surface area contributed by atoms with E-state index in [2.05, 4.69) is 17.4 Å². The molecule has 0 radical (unpaired) electrons. The smallest absolute Gasteiger partial charge is 0.265 e. The van der Waals surface area contributed by atoms with Crippen molar-refractivity contribution in [1.82, 2.24) is 5.32 Å². The standard InChI is InChI=1S/C25H24N2O4S/c1-17(9-10-18-6-3-2-4-7-18)26-23(28)15-27-20-14-19(25(30)22-8-5-13-32-22)11-12-21(20)31-16-24(27)29/h2-8,11-14,17H,9-10,15-16H2,1H3,(H,26,28). The molecule has 0 bridgehead atoms. The summed E-state index contributed by atoms with van der Waals surface area (Å²) < 4.78 is 5.51. The van der Waals surface area contributed by atoms with Crippen LogP contribution in [0.3, 0.4) is 0 Å². The molecule has 0 spiro atoms. The first-order valence-corrected chi connectivity index (χ1v) is 11.4. The first-order valence-electron chi connectivity index (χ1n) is 10.5. The molecule has 1 aliphatic heterocycles. The van der Waals surface area contributed by atoms with Crippen LogP contribution in [0, 0.1) is 0 Å². The maximum Gasteiger partial charge on any atom is 0.265 e. The number of hydrogen-bond donors (Lipinski definition) is 1. The van der Waals surface area contributed by atoms with Crippen LogP contribution in [0.15, 0.2) is 66.0 Å². The Kier molecular flexibility index (Phi) is 6.66. The first kappa shape index (κ1) is 21.8. The van der Waals surface area contributed by atoms with Crippen LogP contribution in [0.2, 0.25) is 0 Å². The molecule has 6 nitrogen and oxygen atoms in total. The molecule has 1 atom stereocenters. The van der Waals surface area contributed by atoms with Crippen LogP contribution in [0.4, 0.5) is 5.69 Å². The fraction of sp³-hybridized carbons (Fsp3) is 0.240. The number of fused-ring (bicyclic) bond motifs is 1. The van der Waals surface area contributed by atoms with Crippen molar-refractivity contribution in [2.75, 3.05) is 18.1 Å². The van der Waals surface area contributed by atoms with E-state index in [-0.39, 0.29) is 36.8 Å². The van der Waals surface area contributed by atoms with Crippen LogP contribution in [0.1, 0.15) is 34.1 Å². The van der Waals surface area contributed by atoms with E-state index in [4.69, 9.17) is 4.74 Å². The largest absolute Gasteiger partial charge is 0.482 e. The number of benzene rings is 2. The van der Waals surface area contributed by atoms with E-state index in [1.54, 1.807) is 24.3 Å². The van der Waals surface area contributed by atoms with Crippen molar-refractivity contribution >= 4 is 34.6 Å². The number of nitrogens with zero attached hydrogens (tertiary/aromatic N) is 1. The van der Waals surface area contributed by atoms with Crippen molar-refractivity contribution in [3.63, 3.8) is 0 Å². The molecule has 1 aliphatic rings. The molecule has 164 valence electrons. The van der Waals surface area contributed by atoms with Gasteiger partial charge in [-0.25, -0.2) is 0 Å². The summed E-state index contributed by atoms with van der Waals surface area (Å²) in [4.78, 5) is 40.0. The average Bonchev–Trinajstić information content (AvgIpc) is 3.34. The van der Waals surface area contributed by atoms with Crippen LogP contribution in [-0.4, -0.2) is 36.8 Å². The molecule has 2 amide bonds. The summed E-state index contributed by atoms with van der Waals surface area (Å²) in [5.74, 6) is -0.205. The number of hydrogen-bond acceptors (Lipinski definition) is 5. The Morgan fingerprint density at radius 2 is 1.94 bits per heavy atom. The number of anilines is 1. The van der Waals surface area contributed by atoms with Gasteiger partial charge < -0.3 is 10.1 Å². The van der Waals surface area contributed by atoms with Crippen LogP contribution < -0.4 is 15.0 Å². The summed E-state index contributed by atoms with van der Waals surface area (Å²) >= 11 is 1.36. The Hall–Kier alpha value is -3.45. The Bertz CT molecular complexity index is 1110. The second kappa shape index (κ2) is 9.78. The summed E-state index contributed by atoms with van der Waals surface area (Å²) in [6.07, 6.45) is 1.65. The van der Waals surface area contributed by atoms with Gasteiger partial charge in [-0.15, -0.1) is 11.3 Å². The quantitative estimate of drug-likeness (QED) is 0.531. The lowest BCUT2D eigenvalue weighted by molar-refractivity contribution is -0.125. The van der Waals surface area contributed by atoms with Crippen LogP contribution >= 0.6 is 11.3 Å². The van der Waals surface area contributed by atoms with Gasteiger partial charge >= 0.3 is 0 Å². The fourth-order valence-electron chi connectivity index (χ4n) is 3.63. The number of rotatable bonds is 8. The van der Waals surface area contributed by atoms with E-state index in [0.717, 1.165) is 12.8 Å². The van der Waals surface area contributed by atoms with E-state index in [9.17, 15) is 14.4 Å². The summed E-state index contributed by atoms with van der Waals surface area (Å²) in [5.41, 5.74) is 2.11. The molecule has 3 aromatic rings. The van der Waals surface area contributed by atoms with Crippen molar-refractivity contribution in [1.29, 1.82) is 0 Å². The van der Waals surface area contributed by atoms with Crippen LogP contribution in [-0.2, 0) is 16.0 Å². The molecule has 7 heteroatoms. The lowest BCUT2D eigenvalue weighted by atomic mass is 10.1. The molecule has 2 heterocycles. The number of aryl methyl sites for hydroxylation is 1. The van der Waals surface area contributed by atoms with Crippen molar-refractivity contribution in [2.24, 2.45) is 0 Å². The number of ketones is 1.